The van der Waals surface area contributed by atoms with E-state index >= 15 is 0 Å². The molecule has 1 aliphatic rings. The number of piperazine rings is 1. The summed E-state index contributed by atoms with van der Waals surface area (Å²) in [6.07, 6.45) is 0. The summed E-state index contributed by atoms with van der Waals surface area (Å²) >= 11 is 1.25. The number of likely N-dealkylation sites (N-methyl/N-ethyl adjacent to an activating group) is 1. The zero-order valence-corrected chi connectivity index (χ0v) is 11.9. The second-order valence-electron chi connectivity index (χ2n) is 4.31. The van der Waals surface area contributed by atoms with Gasteiger partial charge in [0.1, 0.15) is 5.01 Å². The van der Waals surface area contributed by atoms with Crippen molar-refractivity contribution in [3.63, 3.8) is 0 Å². The molecule has 1 aromatic heterocycles. The summed E-state index contributed by atoms with van der Waals surface area (Å²) in [7, 11) is 0. The van der Waals surface area contributed by atoms with E-state index in [1.165, 1.54) is 11.3 Å². The third-order valence-corrected chi connectivity index (χ3v) is 3.80. The molecule has 0 radical (unpaired) electrons. The highest BCUT2D eigenvalue weighted by atomic mass is 32.1. The Kier molecular flexibility index (Phi) is 4.43. The Morgan fingerprint density at radius 3 is 2.47 bits per heavy atom. The summed E-state index contributed by atoms with van der Waals surface area (Å²) in [4.78, 5) is 27.6. The average molecular weight is 283 g/mol. The van der Waals surface area contributed by atoms with Gasteiger partial charge in [0.2, 0.25) is 5.13 Å². The molecule has 104 valence electrons. The molecule has 0 aliphatic carbocycles. The third kappa shape index (κ3) is 3.48. The van der Waals surface area contributed by atoms with Crippen molar-refractivity contribution in [2.45, 2.75) is 13.8 Å². The maximum absolute atomic E-state index is 12.0. The van der Waals surface area contributed by atoms with Crippen molar-refractivity contribution in [1.29, 1.82) is 0 Å². The molecule has 2 heterocycles. The van der Waals surface area contributed by atoms with Crippen molar-refractivity contribution >= 4 is 28.3 Å². The zero-order valence-electron chi connectivity index (χ0n) is 11.0. The van der Waals surface area contributed by atoms with Gasteiger partial charge in [-0.05, 0) is 13.5 Å². The van der Waals surface area contributed by atoms with Crippen LogP contribution in [0.25, 0.3) is 0 Å². The van der Waals surface area contributed by atoms with Gasteiger partial charge in [0.25, 0.3) is 0 Å². The summed E-state index contributed by atoms with van der Waals surface area (Å²) in [6.45, 7) is 7.66. The molecular formula is C11H17N5O2S. The number of carbonyl (C=O) groups is 2. The van der Waals surface area contributed by atoms with Gasteiger partial charge < -0.3 is 9.80 Å². The fraction of sp³-hybridized carbons (Fsp3) is 0.636. The Hall–Kier alpha value is -1.54. The fourth-order valence-electron chi connectivity index (χ4n) is 1.91. The predicted molar refractivity (Wildman–Crippen MR) is 72.0 cm³/mol. The van der Waals surface area contributed by atoms with E-state index in [0.29, 0.717) is 18.2 Å². The maximum Gasteiger partial charge on any atom is 0.315 e. The van der Waals surface area contributed by atoms with E-state index in [1.807, 2.05) is 0 Å². The summed E-state index contributed by atoms with van der Waals surface area (Å²) in [6, 6.07) is 0. The predicted octanol–water partition coefficient (Wildman–Crippen LogP) is -0.0509. The van der Waals surface area contributed by atoms with Crippen molar-refractivity contribution in [3.05, 3.63) is 5.01 Å². The smallest absolute Gasteiger partial charge is 0.315 e. The van der Waals surface area contributed by atoms with Crippen LogP contribution in [0.1, 0.15) is 11.9 Å². The molecule has 8 heteroatoms. The quantitative estimate of drug-likeness (QED) is 0.770. The molecule has 0 unspecified atom stereocenters. The van der Waals surface area contributed by atoms with Crippen molar-refractivity contribution in [2.75, 3.05) is 38.0 Å². The van der Waals surface area contributed by atoms with Crippen LogP contribution in [0.4, 0.5) is 5.13 Å². The molecule has 1 aromatic rings. The van der Waals surface area contributed by atoms with Crippen LogP contribution >= 0.6 is 11.3 Å². The molecular weight excluding hydrogens is 266 g/mol. The molecule has 2 rings (SSSR count). The van der Waals surface area contributed by atoms with Crippen LogP contribution in [-0.2, 0) is 9.59 Å². The molecule has 1 aliphatic heterocycles. The lowest BCUT2D eigenvalue weighted by Crippen LogP contribution is -2.51. The van der Waals surface area contributed by atoms with Crippen LogP contribution in [0.5, 0.6) is 0 Å². The molecule has 0 bridgehead atoms. The number of nitrogens with one attached hydrogen (secondary N) is 1. The van der Waals surface area contributed by atoms with Gasteiger partial charge in [-0.3, -0.25) is 14.9 Å². The van der Waals surface area contributed by atoms with E-state index in [-0.39, 0.29) is 0 Å². The van der Waals surface area contributed by atoms with Gasteiger partial charge in [-0.15, -0.1) is 10.2 Å². The van der Waals surface area contributed by atoms with Crippen LogP contribution in [0.15, 0.2) is 0 Å². The Balaban J connectivity index is 1.87. The molecule has 1 saturated heterocycles. The largest absolute Gasteiger partial charge is 0.332 e. The number of nitrogens with zero attached hydrogens (tertiary/aromatic N) is 4. The van der Waals surface area contributed by atoms with Crippen LogP contribution in [0.3, 0.4) is 0 Å². The first-order valence-electron chi connectivity index (χ1n) is 6.23. The summed E-state index contributed by atoms with van der Waals surface area (Å²) in [5, 5.41) is 11.2. The molecule has 0 atom stereocenters. The molecule has 7 nitrogen and oxygen atoms in total. The van der Waals surface area contributed by atoms with Crippen LogP contribution in [0, 0.1) is 6.92 Å². The van der Waals surface area contributed by atoms with Crippen LogP contribution in [0.2, 0.25) is 0 Å². The molecule has 2 amide bonds. The lowest BCUT2D eigenvalue weighted by atomic mass is 10.3. The number of rotatable bonds is 2. The lowest BCUT2D eigenvalue weighted by Gasteiger charge is -2.33. The molecule has 0 saturated carbocycles. The number of hydrogen-bond acceptors (Lipinski definition) is 6. The molecule has 1 fully saturated rings. The first-order valence-corrected chi connectivity index (χ1v) is 7.04. The minimum atomic E-state index is -0.638. The second kappa shape index (κ2) is 6.07. The monoisotopic (exact) mass is 283 g/mol. The SMILES string of the molecule is CCN1CCN(C(=O)C(=O)Nc2nnc(C)s2)CC1. The van der Waals surface area contributed by atoms with Crippen LogP contribution in [-0.4, -0.2) is 64.5 Å². The van der Waals surface area contributed by atoms with Crippen molar-refractivity contribution in [3.8, 4) is 0 Å². The molecule has 0 aromatic carbocycles. The third-order valence-electron chi connectivity index (χ3n) is 3.05. The van der Waals surface area contributed by atoms with E-state index in [2.05, 4.69) is 27.3 Å². The standard InChI is InChI=1S/C11H17N5O2S/c1-3-15-4-6-16(7-5-15)10(18)9(17)12-11-14-13-8(2)19-11/h3-7H2,1-2H3,(H,12,14,17). The van der Waals surface area contributed by atoms with Gasteiger partial charge >= 0.3 is 11.8 Å². The average Bonchev–Trinajstić information content (AvgIpc) is 2.83. The zero-order chi connectivity index (χ0) is 13.8. The van der Waals surface area contributed by atoms with E-state index in [4.69, 9.17) is 0 Å². The number of amides is 2. The first kappa shape index (κ1) is 13.9. The minimum Gasteiger partial charge on any atom is -0.332 e. The van der Waals surface area contributed by atoms with Gasteiger partial charge in [-0.2, -0.15) is 0 Å². The van der Waals surface area contributed by atoms with Gasteiger partial charge in [0, 0.05) is 26.2 Å². The van der Waals surface area contributed by atoms with E-state index in [9.17, 15) is 9.59 Å². The second-order valence-corrected chi connectivity index (χ2v) is 5.49. The normalized spacial score (nSPS) is 16.4. The first-order chi connectivity index (χ1) is 9.10. The molecule has 19 heavy (non-hydrogen) atoms. The van der Waals surface area contributed by atoms with Crippen molar-refractivity contribution < 1.29 is 9.59 Å². The minimum absolute atomic E-state index is 0.364. The number of aromatic nitrogens is 2. The molecule has 0 spiro atoms. The summed E-state index contributed by atoms with van der Waals surface area (Å²) in [5.74, 6) is -1.13. The molecule has 1 N–H and O–H groups in total. The highest BCUT2D eigenvalue weighted by molar-refractivity contribution is 7.15. The van der Waals surface area contributed by atoms with E-state index < -0.39 is 11.8 Å². The fourth-order valence-corrected chi connectivity index (χ4v) is 2.50. The Morgan fingerprint density at radius 1 is 1.26 bits per heavy atom. The van der Waals surface area contributed by atoms with Gasteiger partial charge in [-0.1, -0.05) is 18.3 Å². The number of hydrogen-bond donors (Lipinski definition) is 1. The van der Waals surface area contributed by atoms with E-state index in [0.717, 1.165) is 24.6 Å². The van der Waals surface area contributed by atoms with Crippen molar-refractivity contribution in [1.82, 2.24) is 20.0 Å². The highest BCUT2D eigenvalue weighted by Gasteiger charge is 2.26. The summed E-state index contributed by atoms with van der Waals surface area (Å²) < 4.78 is 0. The maximum atomic E-state index is 12.0. The Labute approximate surface area is 115 Å². The highest BCUT2D eigenvalue weighted by Crippen LogP contribution is 2.13. The van der Waals surface area contributed by atoms with Gasteiger partial charge in [-0.25, -0.2) is 0 Å². The lowest BCUT2D eigenvalue weighted by molar-refractivity contribution is -0.144. The van der Waals surface area contributed by atoms with Gasteiger partial charge in [0.15, 0.2) is 0 Å². The topological polar surface area (TPSA) is 78.4 Å². The number of anilines is 1. The van der Waals surface area contributed by atoms with Crippen LogP contribution < -0.4 is 5.32 Å². The Bertz CT molecular complexity index is 467. The van der Waals surface area contributed by atoms with E-state index in [1.54, 1.807) is 11.8 Å². The number of aryl methyl sites for hydroxylation is 1. The summed E-state index contributed by atoms with van der Waals surface area (Å²) in [5.41, 5.74) is 0. The Morgan fingerprint density at radius 2 is 1.95 bits per heavy atom. The van der Waals surface area contributed by atoms with Crippen molar-refractivity contribution in [2.24, 2.45) is 0 Å². The number of carbonyl (C=O) groups excluding carboxylic acids is 2. The van der Waals surface area contributed by atoms with Gasteiger partial charge in [0.05, 0.1) is 0 Å².